The van der Waals surface area contributed by atoms with Gasteiger partial charge >= 0.3 is 5.97 Å². The molecule has 9 nitrogen and oxygen atoms in total. The maximum absolute atomic E-state index is 13.7. The predicted molar refractivity (Wildman–Crippen MR) is 165 cm³/mol. The van der Waals surface area contributed by atoms with Crippen molar-refractivity contribution in [1.82, 2.24) is 16.0 Å². The number of aliphatic imine (C=N–C) groups is 2. The molecule has 1 amide bonds. The molecule has 6 rings (SSSR count). The fourth-order valence-electron chi connectivity index (χ4n) is 6.90. The van der Waals surface area contributed by atoms with E-state index in [0.29, 0.717) is 22.4 Å². The Morgan fingerprint density at radius 1 is 1.14 bits per heavy atom. The van der Waals surface area contributed by atoms with Crippen LogP contribution in [0.5, 0.6) is 0 Å². The summed E-state index contributed by atoms with van der Waals surface area (Å²) in [5, 5.41) is 19.9. The van der Waals surface area contributed by atoms with Crippen LogP contribution in [0, 0.1) is 11.8 Å². The number of carbonyl (C=O) groups excluding carboxylic acids is 1. The SMILES string of the molecule is C/C(Cl)=C\N=C(N)C1=C(C2CCCC2)C2C=CC(C(=O)NC3(C4=NC5C=CC(/C=C/C(=O)O)=CC5N4)CCC3)=CC2N1. The van der Waals surface area contributed by atoms with Crippen molar-refractivity contribution in [2.45, 2.75) is 75.5 Å². The third-order valence-corrected chi connectivity index (χ3v) is 9.22. The third kappa shape index (κ3) is 5.50. The summed E-state index contributed by atoms with van der Waals surface area (Å²) in [7, 11) is 0. The van der Waals surface area contributed by atoms with Crippen LogP contribution < -0.4 is 21.7 Å². The van der Waals surface area contributed by atoms with E-state index in [9.17, 15) is 9.59 Å². The summed E-state index contributed by atoms with van der Waals surface area (Å²) in [6.07, 6.45) is 23.5. The van der Waals surface area contributed by atoms with E-state index in [1.54, 1.807) is 19.2 Å². The van der Waals surface area contributed by atoms with E-state index >= 15 is 0 Å². The molecule has 4 unspecified atom stereocenters. The monoisotopic (exact) mass is 588 g/mol. The number of hydrogen-bond donors (Lipinski definition) is 5. The lowest BCUT2D eigenvalue weighted by molar-refractivity contribution is -0.131. The molecule has 42 heavy (non-hydrogen) atoms. The first-order valence-corrected chi connectivity index (χ1v) is 15.2. The second-order valence-corrected chi connectivity index (χ2v) is 12.5. The lowest BCUT2D eigenvalue weighted by Crippen LogP contribution is -2.62. The van der Waals surface area contributed by atoms with E-state index in [0.717, 1.165) is 55.3 Å². The third-order valence-electron chi connectivity index (χ3n) is 9.12. The number of nitrogens with two attached hydrogens (primary N) is 1. The van der Waals surface area contributed by atoms with Gasteiger partial charge in [-0.1, -0.05) is 54.8 Å². The van der Waals surface area contributed by atoms with Crippen LogP contribution in [0.1, 0.15) is 51.9 Å². The molecule has 2 saturated carbocycles. The number of allylic oxidation sites excluding steroid dienone is 4. The van der Waals surface area contributed by atoms with Crippen molar-refractivity contribution in [2.75, 3.05) is 0 Å². The maximum atomic E-state index is 13.7. The zero-order valence-corrected chi connectivity index (χ0v) is 24.4. The second kappa shape index (κ2) is 11.4. The van der Waals surface area contributed by atoms with Crippen LogP contribution in [0.3, 0.4) is 0 Å². The minimum Gasteiger partial charge on any atom is -0.478 e. The number of carbonyl (C=O) groups is 2. The van der Waals surface area contributed by atoms with Crippen LogP contribution in [0.2, 0.25) is 0 Å². The van der Waals surface area contributed by atoms with Gasteiger partial charge in [0.1, 0.15) is 11.7 Å². The molecule has 2 heterocycles. The molecule has 2 fully saturated rings. The van der Waals surface area contributed by atoms with Gasteiger partial charge in [-0.25, -0.2) is 9.79 Å². The number of amides is 1. The average Bonchev–Trinajstić information content (AvgIpc) is 3.69. The molecule has 0 saturated heterocycles. The largest absolute Gasteiger partial charge is 0.478 e. The van der Waals surface area contributed by atoms with Crippen molar-refractivity contribution in [3.05, 3.63) is 82.3 Å². The summed E-state index contributed by atoms with van der Waals surface area (Å²) in [6, 6.07) is -0.240. The van der Waals surface area contributed by atoms with Gasteiger partial charge < -0.3 is 26.8 Å². The van der Waals surface area contributed by atoms with Crippen LogP contribution >= 0.6 is 11.6 Å². The highest BCUT2D eigenvalue weighted by atomic mass is 35.5. The van der Waals surface area contributed by atoms with Gasteiger partial charge in [0.05, 0.1) is 29.4 Å². The first-order valence-electron chi connectivity index (χ1n) is 14.8. The molecule has 0 spiro atoms. The quantitative estimate of drug-likeness (QED) is 0.165. The molecule has 0 radical (unpaired) electrons. The molecule has 0 aromatic carbocycles. The molecule has 220 valence electrons. The Balaban J connectivity index is 1.17. The summed E-state index contributed by atoms with van der Waals surface area (Å²) in [5.41, 5.74) is 9.49. The van der Waals surface area contributed by atoms with E-state index < -0.39 is 11.5 Å². The Hall–Kier alpha value is -3.85. The molecule has 0 aromatic heterocycles. The number of nitrogens with one attached hydrogen (secondary N) is 3. The zero-order valence-electron chi connectivity index (χ0n) is 23.6. The number of fused-ring (bicyclic) bond motifs is 2. The topological polar surface area (TPSA) is 141 Å². The van der Waals surface area contributed by atoms with Gasteiger partial charge in [0, 0.05) is 28.8 Å². The summed E-state index contributed by atoms with van der Waals surface area (Å²) >= 11 is 6.01. The van der Waals surface area contributed by atoms with Crippen LogP contribution in [0.15, 0.2) is 92.2 Å². The van der Waals surface area contributed by atoms with Crippen LogP contribution in [0.4, 0.5) is 0 Å². The van der Waals surface area contributed by atoms with Gasteiger partial charge in [-0.2, -0.15) is 0 Å². The highest BCUT2D eigenvalue weighted by molar-refractivity contribution is 6.29. The number of amidine groups is 2. The summed E-state index contributed by atoms with van der Waals surface area (Å²) in [4.78, 5) is 33.9. The van der Waals surface area contributed by atoms with Crippen molar-refractivity contribution < 1.29 is 14.7 Å². The normalized spacial score (nSPS) is 30.2. The average molecular weight is 589 g/mol. The molecule has 2 aliphatic heterocycles. The van der Waals surface area contributed by atoms with E-state index in [-0.39, 0.29) is 30.0 Å². The molecular formula is C32H37ClN6O3. The van der Waals surface area contributed by atoms with Gasteiger partial charge in [-0.15, -0.1) is 0 Å². The molecule has 6 aliphatic rings. The Morgan fingerprint density at radius 2 is 1.93 bits per heavy atom. The first kappa shape index (κ1) is 28.3. The summed E-state index contributed by atoms with van der Waals surface area (Å²) < 4.78 is 0. The van der Waals surface area contributed by atoms with Gasteiger partial charge in [0.2, 0.25) is 0 Å². The number of rotatable bonds is 8. The van der Waals surface area contributed by atoms with Crippen LogP contribution in [0.25, 0.3) is 0 Å². The fraction of sp³-hybridized carbons (Fsp3) is 0.438. The minimum absolute atomic E-state index is 0.0758. The molecule has 6 N–H and O–H groups in total. The molecule has 4 aliphatic carbocycles. The number of hydrogen-bond acceptors (Lipinski definition) is 6. The van der Waals surface area contributed by atoms with E-state index in [2.05, 4.69) is 27.0 Å². The van der Waals surface area contributed by atoms with Crippen molar-refractivity contribution in [3.8, 4) is 0 Å². The fourth-order valence-corrected chi connectivity index (χ4v) is 6.95. The first-order chi connectivity index (χ1) is 20.2. The van der Waals surface area contributed by atoms with Crippen LogP contribution in [-0.4, -0.2) is 52.3 Å². The van der Waals surface area contributed by atoms with Crippen molar-refractivity contribution in [2.24, 2.45) is 27.6 Å². The lowest BCUT2D eigenvalue weighted by atomic mass is 9.75. The molecule has 4 atom stereocenters. The molecule has 0 bridgehead atoms. The van der Waals surface area contributed by atoms with Crippen molar-refractivity contribution in [3.63, 3.8) is 0 Å². The van der Waals surface area contributed by atoms with E-state index in [1.165, 1.54) is 18.4 Å². The number of nitrogens with zero attached hydrogens (tertiary/aromatic N) is 2. The number of carboxylic acid groups (broad SMARTS) is 1. The van der Waals surface area contributed by atoms with Gasteiger partial charge in [-0.3, -0.25) is 9.79 Å². The highest BCUT2D eigenvalue weighted by Gasteiger charge is 2.48. The standard InChI is InChI=1S/C32H37ClN6O3/c1-18(33)17-35-29(34)28-27(20-5-2-3-6-20)22-10-9-21(16-24(22)36-28)30(42)39-32(13-4-14-32)31-37-23-11-7-19(8-12-26(40)41)15-25(23)38-31/h7-12,15-17,20,22-25,36H,2-6,13-14H2,1H3,(H2,34,35)(H,37,38)(H,39,42)(H,40,41)/b12-8+,18-17+. The summed E-state index contributed by atoms with van der Waals surface area (Å²) in [5.74, 6) is 0.670. The predicted octanol–water partition coefficient (Wildman–Crippen LogP) is 3.89. The Bertz CT molecular complexity index is 1450. The number of halogens is 1. The van der Waals surface area contributed by atoms with E-state index in [4.69, 9.17) is 27.4 Å². The molecular weight excluding hydrogens is 552 g/mol. The lowest BCUT2D eigenvalue weighted by Gasteiger charge is -2.43. The second-order valence-electron chi connectivity index (χ2n) is 11.9. The molecule has 10 heteroatoms. The highest BCUT2D eigenvalue weighted by Crippen LogP contribution is 2.43. The van der Waals surface area contributed by atoms with Crippen LogP contribution in [-0.2, 0) is 9.59 Å². The Morgan fingerprint density at radius 3 is 2.62 bits per heavy atom. The molecule has 0 aromatic rings. The van der Waals surface area contributed by atoms with Crippen molar-refractivity contribution in [1.29, 1.82) is 0 Å². The van der Waals surface area contributed by atoms with Crippen molar-refractivity contribution >= 4 is 35.1 Å². The maximum Gasteiger partial charge on any atom is 0.328 e. The smallest absolute Gasteiger partial charge is 0.328 e. The van der Waals surface area contributed by atoms with Gasteiger partial charge in [0.25, 0.3) is 5.91 Å². The summed E-state index contributed by atoms with van der Waals surface area (Å²) in [6.45, 7) is 1.77. The van der Waals surface area contributed by atoms with Gasteiger partial charge in [0.15, 0.2) is 0 Å². The number of carboxylic acids is 1. The van der Waals surface area contributed by atoms with Gasteiger partial charge in [-0.05, 0) is 68.2 Å². The van der Waals surface area contributed by atoms with E-state index in [1.807, 2.05) is 30.4 Å². The number of aliphatic carboxylic acids is 1. The Kier molecular flexibility index (Phi) is 7.70. The minimum atomic E-state index is -0.985. The zero-order chi connectivity index (χ0) is 29.4. The Labute approximate surface area is 250 Å².